The molecule has 0 radical (unpaired) electrons. The van der Waals surface area contributed by atoms with E-state index in [9.17, 15) is 4.79 Å². The number of fused-ring (bicyclic) bond motifs is 4. The van der Waals surface area contributed by atoms with Gasteiger partial charge in [0.05, 0.1) is 0 Å². The Balaban J connectivity index is 2.16. The van der Waals surface area contributed by atoms with Crippen molar-refractivity contribution in [2.45, 2.75) is 46.0 Å². The third-order valence-electron chi connectivity index (χ3n) is 4.91. The second kappa shape index (κ2) is 3.32. The molecule has 3 aliphatic rings. The maximum atomic E-state index is 12.3. The zero-order valence-electron chi connectivity index (χ0n) is 10.3. The van der Waals surface area contributed by atoms with Gasteiger partial charge in [0.15, 0.2) is 0 Å². The molecule has 0 saturated heterocycles. The van der Waals surface area contributed by atoms with Crippen molar-refractivity contribution in [3.8, 4) is 0 Å². The van der Waals surface area contributed by atoms with Crippen molar-refractivity contribution >= 4 is 5.78 Å². The molecule has 2 unspecified atom stereocenters. The standard InChI is InChI=1S/C15H20O/c1-15(2)12-7-4-6-11(12)10-5-3-8-13(15)14(16)9-10/h4,7,10,13H,3,5-6,8-9H2,1-2H3. The maximum Gasteiger partial charge on any atom is 0.137 e. The third-order valence-corrected chi connectivity index (χ3v) is 4.91. The Labute approximate surface area is 97.6 Å². The van der Waals surface area contributed by atoms with Gasteiger partial charge in [-0.2, -0.15) is 0 Å². The minimum Gasteiger partial charge on any atom is -0.299 e. The number of carbonyl (C=O) groups is 1. The zero-order valence-corrected chi connectivity index (χ0v) is 10.3. The van der Waals surface area contributed by atoms with Crippen LogP contribution in [0.15, 0.2) is 23.3 Å². The SMILES string of the molecule is CC1(C)C2=C(CC=C2)C2CCCC1C(=O)C2. The fourth-order valence-electron chi connectivity index (χ4n) is 4.00. The number of rotatable bonds is 0. The molecule has 0 aliphatic heterocycles. The van der Waals surface area contributed by atoms with E-state index in [0.717, 1.165) is 19.3 Å². The molecule has 0 N–H and O–H groups in total. The molecule has 3 rings (SSSR count). The van der Waals surface area contributed by atoms with E-state index in [2.05, 4.69) is 26.0 Å². The highest BCUT2D eigenvalue weighted by atomic mass is 16.1. The van der Waals surface area contributed by atoms with E-state index < -0.39 is 0 Å². The maximum absolute atomic E-state index is 12.3. The highest BCUT2D eigenvalue weighted by Crippen LogP contribution is 2.51. The Hall–Kier alpha value is -0.850. The molecule has 1 nitrogen and oxygen atoms in total. The number of hydrogen-bond donors (Lipinski definition) is 0. The monoisotopic (exact) mass is 216 g/mol. The Morgan fingerprint density at radius 1 is 1.31 bits per heavy atom. The van der Waals surface area contributed by atoms with Crippen LogP contribution in [0.4, 0.5) is 0 Å². The van der Waals surface area contributed by atoms with Crippen LogP contribution in [0, 0.1) is 17.3 Å². The van der Waals surface area contributed by atoms with Gasteiger partial charge in [-0.15, -0.1) is 0 Å². The van der Waals surface area contributed by atoms with Crippen LogP contribution in [-0.2, 0) is 4.79 Å². The number of ketones is 1. The molecule has 86 valence electrons. The van der Waals surface area contributed by atoms with E-state index in [4.69, 9.17) is 0 Å². The molecular weight excluding hydrogens is 196 g/mol. The highest BCUT2D eigenvalue weighted by Gasteiger charge is 2.44. The van der Waals surface area contributed by atoms with Crippen molar-refractivity contribution in [2.75, 3.05) is 0 Å². The van der Waals surface area contributed by atoms with Crippen molar-refractivity contribution in [3.05, 3.63) is 23.3 Å². The Kier molecular flexibility index (Phi) is 2.14. The summed E-state index contributed by atoms with van der Waals surface area (Å²) in [6, 6.07) is 0. The van der Waals surface area contributed by atoms with Gasteiger partial charge >= 0.3 is 0 Å². The molecule has 0 aromatic carbocycles. The lowest BCUT2D eigenvalue weighted by atomic mass is 9.69. The molecule has 2 atom stereocenters. The molecule has 1 fully saturated rings. The molecule has 0 aromatic rings. The largest absolute Gasteiger partial charge is 0.299 e. The average molecular weight is 216 g/mol. The van der Waals surface area contributed by atoms with E-state index in [1.165, 1.54) is 18.4 Å². The topological polar surface area (TPSA) is 17.1 Å². The lowest BCUT2D eigenvalue weighted by Crippen LogP contribution is -2.30. The van der Waals surface area contributed by atoms with Crippen LogP contribution in [0.5, 0.6) is 0 Å². The molecule has 0 amide bonds. The summed E-state index contributed by atoms with van der Waals surface area (Å²) in [4.78, 5) is 12.3. The Bertz CT molecular complexity index is 398. The molecule has 1 saturated carbocycles. The van der Waals surface area contributed by atoms with Crippen LogP contribution in [0.1, 0.15) is 46.0 Å². The lowest BCUT2D eigenvalue weighted by Gasteiger charge is -2.34. The van der Waals surface area contributed by atoms with Crippen molar-refractivity contribution in [3.63, 3.8) is 0 Å². The van der Waals surface area contributed by atoms with Crippen molar-refractivity contribution in [2.24, 2.45) is 17.3 Å². The Morgan fingerprint density at radius 2 is 2.12 bits per heavy atom. The first kappa shape index (κ1) is 10.3. The Morgan fingerprint density at radius 3 is 2.94 bits per heavy atom. The van der Waals surface area contributed by atoms with Gasteiger partial charge in [0, 0.05) is 12.3 Å². The first-order valence-corrected chi connectivity index (χ1v) is 6.53. The van der Waals surface area contributed by atoms with Crippen LogP contribution in [0.2, 0.25) is 0 Å². The van der Waals surface area contributed by atoms with Gasteiger partial charge in [0.2, 0.25) is 0 Å². The average Bonchev–Trinajstić information content (AvgIpc) is 2.60. The van der Waals surface area contributed by atoms with E-state index in [1.54, 1.807) is 5.57 Å². The molecule has 0 heterocycles. The van der Waals surface area contributed by atoms with Gasteiger partial charge in [-0.25, -0.2) is 0 Å². The zero-order chi connectivity index (χ0) is 11.3. The molecule has 16 heavy (non-hydrogen) atoms. The summed E-state index contributed by atoms with van der Waals surface area (Å²) in [5, 5.41) is 0. The summed E-state index contributed by atoms with van der Waals surface area (Å²) in [6.07, 6.45) is 10.1. The summed E-state index contributed by atoms with van der Waals surface area (Å²) >= 11 is 0. The van der Waals surface area contributed by atoms with Gasteiger partial charge < -0.3 is 0 Å². The van der Waals surface area contributed by atoms with Crippen LogP contribution in [0.3, 0.4) is 0 Å². The summed E-state index contributed by atoms with van der Waals surface area (Å²) < 4.78 is 0. The predicted octanol–water partition coefficient (Wildman–Crippen LogP) is 3.66. The van der Waals surface area contributed by atoms with Gasteiger partial charge in [0.1, 0.15) is 5.78 Å². The smallest absolute Gasteiger partial charge is 0.137 e. The third kappa shape index (κ3) is 1.27. The molecule has 0 aromatic heterocycles. The van der Waals surface area contributed by atoms with Crippen LogP contribution in [-0.4, -0.2) is 5.78 Å². The van der Waals surface area contributed by atoms with Crippen LogP contribution in [0.25, 0.3) is 0 Å². The summed E-state index contributed by atoms with van der Waals surface area (Å²) in [5.41, 5.74) is 3.16. The quantitative estimate of drug-likeness (QED) is 0.604. The second-order valence-electron chi connectivity index (χ2n) is 6.12. The van der Waals surface area contributed by atoms with Crippen molar-refractivity contribution in [1.29, 1.82) is 0 Å². The molecule has 0 spiro atoms. The van der Waals surface area contributed by atoms with Gasteiger partial charge in [-0.3, -0.25) is 4.79 Å². The number of carbonyl (C=O) groups excluding carboxylic acids is 1. The number of allylic oxidation sites excluding steroid dienone is 4. The summed E-state index contributed by atoms with van der Waals surface area (Å²) in [7, 11) is 0. The number of Topliss-reactive ketones (excluding diaryl/α,β-unsaturated/α-hetero) is 1. The van der Waals surface area contributed by atoms with Gasteiger partial charge in [0.25, 0.3) is 0 Å². The molecule has 3 aliphatic carbocycles. The van der Waals surface area contributed by atoms with Gasteiger partial charge in [-0.05, 0) is 36.2 Å². The summed E-state index contributed by atoms with van der Waals surface area (Å²) in [5.74, 6) is 1.35. The first-order valence-electron chi connectivity index (χ1n) is 6.53. The highest BCUT2D eigenvalue weighted by molar-refractivity contribution is 5.84. The second-order valence-corrected chi connectivity index (χ2v) is 6.12. The molecule has 1 heteroatoms. The normalized spacial score (nSPS) is 36.2. The lowest BCUT2D eigenvalue weighted by molar-refractivity contribution is -0.125. The minimum atomic E-state index is 0.0780. The van der Waals surface area contributed by atoms with Crippen LogP contribution >= 0.6 is 0 Å². The fourth-order valence-corrected chi connectivity index (χ4v) is 4.00. The number of hydrogen-bond acceptors (Lipinski definition) is 1. The van der Waals surface area contributed by atoms with Gasteiger partial charge in [-0.1, -0.05) is 38.0 Å². The van der Waals surface area contributed by atoms with E-state index in [-0.39, 0.29) is 11.3 Å². The van der Waals surface area contributed by atoms with E-state index in [0.29, 0.717) is 11.7 Å². The molecule has 2 bridgehead atoms. The van der Waals surface area contributed by atoms with E-state index in [1.807, 2.05) is 0 Å². The molecular formula is C15H20O. The van der Waals surface area contributed by atoms with E-state index >= 15 is 0 Å². The van der Waals surface area contributed by atoms with Crippen LogP contribution < -0.4 is 0 Å². The fraction of sp³-hybridized carbons (Fsp3) is 0.667. The van der Waals surface area contributed by atoms with Crippen molar-refractivity contribution < 1.29 is 4.79 Å². The first-order chi connectivity index (χ1) is 7.60. The predicted molar refractivity (Wildman–Crippen MR) is 65.0 cm³/mol. The summed E-state index contributed by atoms with van der Waals surface area (Å²) in [6.45, 7) is 4.54. The van der Waals surface area contributed by atoms with Crippen molar-refractivity contribution in [1.82, 2.24) is 0 Å². The minimum absolute atomic E-state index is 0.0780.